The second-order valence-corrected chi connectivity index (χ2v) is 43.8. The van der Waals surface area contributed by atoms with Crippen LogP contribution in [0.2, 0.25) is 36.3 Å². The lowest BCUT2D eigenvalue weighted by Crippen LogP contribution is -2.63. The highest BCUT2D eigenvalue weighted by atomic mass is 35.6. The number of hydrogen-bond donors (Lipinski definition) is 7. The number of ether oxygens (including phenoxy) is 3. The van der Waals surface area contributed by atoms with E-state index in [1.54, 1.807) is 46.3 Å². The van der Waals surface area contributed by atoms with Gasteiger partial charge < -0.3 is 49.6 Å². The number of hydrazine groups is 2. The molecule has 0 spiro atoms. The fourth-order valence-corrected chi connectivity index (χ4v) is 13.9. The molecule has 7 N–H and O–H groups in total. The molecule has 2 saturated heterocycles. The van der Waals surface area contributed by atoms with Gasteiger partial charge in [-0.3, -0.25) is 48.4 Å². The Morgan fingerprint density at radius 2 is 0.981 bits per heavy atom. The molecule has 0 radical (unpaired) electrons. The zero-order chi connectivity index (χ0) is 80.5. The third-order valence-corrected chi connectivity index (χ3v) is 29.5. The number of hydrogen-bond acceptors (Lipinski definition) is 15. The van der Waals surface area contributed by atoms with Crippen LogP contribution in [-0.4, -0.2) is 160 Å². The molecule has 3 aromatic rings. The molecule has 7 amide bonds. The van der Waals surface area contributed by atoms with Crippen LogP contribution in [0, 0.1) is 23.7 Å². The number of halogens is 3. The van der Waals surface area contributed by atoms with Crippen LogP contribution in [-0.2, 0) is 65.4 Å². The molecular weight excluding hydrogens is 1460 g/mol. The number of nitrogens with one attached hydrogen (secondary N) is 7. The van der Waals surface area contributed by atoms with Crippen LogP contribution in [0.3, 0.4) is 0 Å². The van der Waals surface area contributed by atoms with Gasteiger partial charge in [-0.1, -0.05) is 185 Å². The minimum atomic E-state index is -2.17. The third kappa shape index (κ3) is 29.3. The van der Waals surface area contributed by atoms with E-state index in [1.165, 1.54) is 10.0 Å². The van der Waals surface area contributed by atoms with Gasteiger partial charge in [-0.05, 0) is 159 Å². The molecule has 2 aliphatic heterocycles. The average molecular weight is 1580 g/mol. The summed E-state index contributed by atoms with van der Waals surface area (Å²) in [5.74, 6) is -3.68. The molecule has 2 fully saturated rings. The van der Waals surface area contributed by atoms with Crippen molar-refractivity contribution in [2.24, 2.45) is 23.7 Å². The summed E-state index contributed by atoms with van der Waals surface area (Å²) in [6.45, 7) is 46.0. The number of nitrogens with zero attached hydrogens (tertiary/aromatic N) is 2. The van der Waals surface area contributed by atoms with E-state index in [-0.39, 0.29) is 83.2 Å². The number of allylic oxidation sites excluding steroid dienone is 2. The van der Waals surface area contributed by atoms with Gasteiger partial charge in [-0.15, -0.1) is 13.2 Å². The van der Waals surface area contributed by atoms with Crippen LogP contribution in [0.25, 0.3) is 6.08 Å². The van der Waals surface area contributed by atoms with Crippen LogP contribution in [0.5, 0.6) is 11.5 Å². The number of alkyl halides is 3. The van der Waals surface area contributed by atoms with Gasteiger partial charge in [0.05, 0.1) is 30.1 Å². The van der Waals surface area contributed by atoms with Crippen molar-refractivity contribution >= 4 is 105 Å². The summed E-state index contributed by atoms with van der Waals surface area (Å²) < 4.78 is 27.6. The fourth-order valence-electron chi connectivity index (χ4n) is 11.7. The minimum Gasteiger partial charge on any atom is -0.543 e. The molecule has 2 heterocycles. The third-order valence-electron chi connectivity index (χ3n) is 20.5. The van der Waals surface area contributed by atoms with Crippen molar-refractivity contribution in [2.75, 3.05) is 33.9 Å². The lowest BCUT2D eigenvalue weighted by molar-refractivity contribution is -0.153. The maximum atomic E-state index is 14.5. The normalized spacial score (nSPS) is 17.7. The number of carbonyl (C=O) groups excluding carboxylic acids is 8. The van der Waals surface area contributed by atoms with Gasteiger partial charge in [0.25, 0.3) is 11.8 Å². The first-order valence-corrected chi connectivity index (χ1v) is 44.3. The van der Waals surface area contributed by atoms with Crippen LogP contribution in [0.1, 0.15) is 170 Å². The molecule has 0 bridgehead atoms. The maximum absolute atomic E-state index is 14.5. The van der Waals surface area contributed by atoms with E-state index in [4.69, 9.17) is 57.9 Å². The number of methoxy groups -OCH3 is 2. The molecule has 107 heavy (non-hydrogen) atoms. The van der Waals surface area contributed by atoms with Crippen molar-refractivity contribution in [3.63, 3.8) is 0 Å². The standard InChI is InChI=1S/C44H67N5O6Si.C36H57Cl3N4O7Si/c1-13-15-24-38(54-10)30(5)40(50)47-39(29(3)4)42(52)46-37(28-33-20-17-22-35(27-33)55-56(11,12)44(7,8)9)43(53)49-25-18-23-36(48-49)41(51)45-31(6)34-21-16-19-32(14-2)26-34;1-11-12-18-29(48-8)24(4)31(44)41-30(23(2)3)32(45)40-28(21-25-15-13-16-26(20-25)50-51(9,10)35(5,6)7)33(46)43-19-14-17-27(42-43)34(47)49-22-36(37,38)39/h13-14,16-17,19-22,26-27,29-31,36-39,48H,1-2,15,18,23-25,28H2,3-12H3,(H,45,51)(H,46,52)(H,47,50);11,13,15-16,20,23-24,27-30,42H,1,12,14,17-19,21-22H2,2-10H3,(H,40,45)(H,41,44)/t30-,31-,36+,37+,38-,39+;24-,27+,28+,29-,30+/m11/s1. The molecule has 596 valence electrons. The van der Waals surface area contributed by atoms with Gasteiger partial charge in [-0.25, -0.2) is 10.9 Å². The highest BCUT2D eigenvalue weighted by Gasteiger charge is 2.43. The van der Waals surface area contributed by atoms with Crippen LogP contribution >= 0.6 is 34.8 Å². The van der Waals surface area contributed by atoms with Crippen molar-refractivity contribution in [3.8, 4) is 11.5 Å². The molecule has 11 atom stereocenters. The molecule has 0 saturated carbocycles. The zero-order valence-corrected chi connectivity index (χ0v) is 71.1. The summed E-state index contributed by atoms with van der Waals surface area (Å²) in [4.78, 5) is 110. The van der Waals surface area contributed by atoms with Crippen molar-refractivity contribution < 1.29 is 61.4 Å². The summed E-state index contributed by atoms with van der Waals surface area (Å²) in [6.07, 6.45) is 9.43. The summed E-state index contributed by atoms with van der Waals surface area (Å²) >= 11 is 17.3. The number of amides is 7. The summed E-state index contributed by atoms with van der Waals surface area (Å²) in [5, 5.41) is 17.5. The Kier molecular flexibility index (Phi) is 36.9. The zero-order valence-electron chi connectivity index (χ0n) is 66.8. The first kappa shape index (κ1) is 92.8. The smallest absolute Gasteiger partial charge is 0.325 e. The number of carbonyl (C=O) groups is 8. The lowest BCUT2D eigenvalue weighted by atomic mass is 9.96. The second kappa shape index (κ2) is 42.5. The Hall–Kier alpha value is -6.62. The molecule has 2 aliphatic rings. The van der Waals surface area contributed by atoms with Crippen molar-refractivity contribution in [2.45, 2.75) is 249 Å². The van der Waals surface area contributed by atoms with E-state index in [9.17, 15) is 38.4 Å². The Morgan fingerprint density at radius 1 is 0.570 bits per heavy atom. The Bertz CT molecular complexity index is 3470. The monoisotopic (exact) mass is 1580 g/mol. The van der Waals surface area contributed by atoms with Gasteiger partial charge in [0.2, 0.25) is 50.0 Å². The molecule has 0 aliphatic carbocycles. The first-order valence-electron chi connectivity index (χ1n) is 37.4. The van der Waals surface area contributed by atoms with E-state index in [1.807, 2.05) is 107 Å². The summed E-state index contributed by atoms with van der Waals surface area (Å²) in [7, 11) is -1.22. The predicted octanol–water partition coefficient (Wildman–Crippen LogP) is 13.1. The van der Waals surface area contributed by atoms with Crippen LogP contribution in [0.4, 0.5) is 0 Å². The van der Waals surface area contributed by atoms with Crippen molar-refractivity contribution in [3.05, 3.63) is 127 Å². The molecule has 22 nitrogen and oxygen atoms in total. The van der Waals surface area contributed by atoms with E-state index < -0.39 is 98.8 Å². The first-order chi connectivity index (χ1) is 49.9. The van der Waals surface area contributed by atoms with Gasteiger partial charge in [0, 0.05) is 40.2 Å². The van der Waals surface area contributed by atoms with E-state index in [0.717, 1.165) is 22.3 Å². The molecule has 3 aromatic carbocycles. The highest BCUT2D eigenvalue weighted by Crippen LogP contribution is 2.39. The quantitative estimate of drug-likeness (QED) is 0.0123. The SMILES string of the molecule is C=CCC[C@@H](OC)[C@@H](C)C(=O)N[C@H](C(=O)N[C@@H](Cc1cccc(O[Si](C)(C)C(C)(C)C)c1)C(=O)N1CCC[C@@H](C(=O)N[C@H](C)c2cccc(C=C)c2)N1)C(C)C.C=CCC[C@@H](OC)[C@@H](C)C(=O)N[C@H](C(=O)N[C@@H](Cc1cccc(O[Si](C)(C)C(C)(C)C)c1)C(=O)N1CCC[C@@H](C(=O)OCC(Cl)(Cl)Cl)N1)C(C)C. The Labute approximate surface area is 654 Å². The largest absolute Gasteiger partial charge is 0.543 e. The summed E-state index contributed by atoms with van der Waals surface area (Å²) in [6, 6.07) is 17.2. The van der Waals surface area contributed by atoms with E-state index in [2.05, 4.69) is 125 Å². The number of rotatable bonds is 36. The van der Waals surface area contributed by atoms with Gasteiger partial charge in [0.15, 0.2) is 0 Å². The number of benzene rings is 3. The molecule has 0 unspecified atom stereocenters. The van der Waals surface area contributed by atoms with E-state index >= 15 is 0 Å². The maximum Gasteiger partial charge on any atom is 0.325 e. The van der Waals surface area contributed by atoms with Gasteiger partial charge in [0.1, 0.15) is 54.4 Å². The lowest BCUT2D eigenvalue weighted by Gasteiger charge is -2.37. The van der Waals surface area contributed by atoms with Crippen LogP contribution in [0.15, 0.2) is 105 Å². The molecule has 5 rings (SSSR count). The Balaban J connectivity index is 0.000000454. The topological polar surface area (TPSA) is 273 Å². The van der Waals surface area contributed by atoms with Gasteiger partial charge >= 0.3 is 5.97 Å². The molecule has 0 aromatic heterocycles. The van der Waals surface area contributed by atoms with Gasteiger partial charge in [-0.2, -0.15) is 0 Å². The molecular formula is C80H124Cl3N9O13Si2. The number of esters is 1. The fraction of sp³-hybridized carbons (Fsp3) is 0.600. The Morgan fingerprint density at radius 3 is 1.36 bits per heavy atom. The van der Waals surface area contributed by atoms with Crippen molar-refractivity contribution in [1.29, 1.82) is 0 Å². The predicted molar refractivity (Wildman–Crippen MR) is 432 cm³/mol. The summed E-state index contributed by atoms with van der Waals surface area (Å²) in [5.41, 5.74) is 9.55. The van der Waals surface area contributed by atoms with Crippen molar-refractivity contribution in [1.82, 2.24) is 47.5 Å². The van der Waals surface area contributed by atoms with E-state index in [0.29, 0.717) is 69.4 Å². The highest BCUT2D eigenvalue weighted by molar-refractivity contribution is 6.75. The van der Waals surface area contributed by atoms with Crippen LogP contribution < -0.4 is 46.3 Å². The average Bonchev–Trinajstić information content (AvgIpc) is 0.826. The second-order valence-electron chi connectivity index (χ2n) is 31.8. The molecule has 27 heteroatoms. The minimum absolute atomic E-state index is 0.0195.